The average Bonchev–Trinajstić information content (AvgIpc) is 2.28. The molecule has 1 aliphatic heterocycles. The molecule has 1 saturated heterocycles. The Morgan fingerprint density at radius 3 is 2.75 bits per heavy atom. The molecule has 16 heavy (non-hydrogen) atoms. The zero-order valence-electron chi connectivity index (χ0n) is 10.5. The lowest BCUT2D eigenvalue weighted by molar-refractivity contribution is -0.118. The van der Waals surface area contributed by atoms with E-state index >= 15 is 0 Å². The summed E-state index contributed by atoms with van der Waals surface area (Å²) in [6, 6.07) is 0. The van der Waals surface area contributed by atoms with Crippen molar-refractivity contribution in [2.45, 2.75) is 75.1 Å². The minimum Gasteiger partial charge on any atom is -0.375 e. The lowest BCUT2D eigenvalue weighted by Gasteiger charge is -2.43. The van der Waals surface area contributed by atoms with E-state index in [2.05, 4.69) is 22.9 Å². The van der Waals surface area contributed by atoms with Crippen LogP contribution in [0.3, 0.4) is 0 Å². The third-order valence-electron chi connectivity index (χ3n) is 4.33. The highest BCUT2D eigenvalue weighted by molar-refractivity contribution is 9.09. The number of hydrogen-bond donors (Lipinski definition) is 0. The number of alkyl halides is 1. The van der Waals surface area contributed by atoms with Crippen LogP contribution in [0.4, 0.5) is 0 Å². The lowest BCUT2D eigenvalue weighted by atomic mass is 9.75. The van der Waals surface area contributed by atoms with Crippen molar-refractivity contribution >= 4 is 15.9 Å². The summed E-state index contributed by atoms with van der Waals surface area (Å²) in [4.78, 5) is 0.678. The molecule has 0 radical (unpaired) electrons. The Morgan fingerprint density at radius 1 is 1.31 bits per heavy atom. The Bertz CT molecular complexity index is 203. The average molecular weight is 289 g/mol. The van der Waals surface area contributed by atoms with Crippen molar-refractivity contribution in [3.63, 3.8) is 0 Å². The quantitative estimate of drug-likeness (QED) is 0.685. The topological polar surface area (TPSA) is 9.23 Å². The van der Waals surface area contributed by atoms with Crippen LogP contribution in [0.2, 0.25) is 0 Å². The fourth-order valence-electron chi connectivity index (χ4n) is 3.39. The first-order valence-corrected chi connectivity index (χ1v) is 7.90. The predicted octanol–water partition coefficient (Wildman–Crippen LogP) is 4.68. The van der Waals surface area contributed by atoms with Gasteiger partial charge >= 0.3 is 0 Å². The molecule has 0 N–H and O–H groups in total. The van der Waals surface area contributed by atoms with Crippen molar-refractivity contribution in [1.29, 1.82) is 0 Å². The Morgan fingerprint density at radius 2 is 2.06 bits per heavy atom. The van der Waals surface area contributed by atoms with Crippen LogP contribution >= 0.6 is 15.9 Å². The van der Waals surface area contributed by atoms with Crippen molar-refractivity contribution < 1.29 is 4.74 Å². The molecule has 2 aliphatic rings. The summed E-state index contributed by atoms with van der Waals surface area (Å²) in [6.45, 7) is 3.27. The summed E-state index contributed by atoms with van der Waals surface area (Å²) in [5, 5.41) is 0. The van der Waals surface area contributed by atoms with E-state index in [1.54, 1.807) is 0 Å². The summed E-state index contributed by atoms with van der Waals surface area (Å²) in [6.07, 6.45) is 12.2. The standard InChI is InChI=1S/C14H25BrO/c1-12(15)5-6-13-7-10-16-14(11-13)8-3-2-4-9-14/h12-13H,2-11H2,1H3. The second-order valence-corrected chi connectivity index (χ2v) is 7.37. The number of rotatable bonds is 3. The van der Waals surface area contributed by atoms with E-state index in [9.17, 15) is 0 Å². The maximum absolute atomic E-state index is 6.13. The van der Waals surface area contributed by atoms with Gasteiger partial charge in [-0.05, 0) is 44.4 Å². The van der Waals surface area contributed by atoms with E-state index in [1.165, 1.54) is 57.8 Å². The highest BCUT2D eigenvalue weighted by Crippen LogP contribution is 2.42. The molecule has 2 unspecified atom stereocenters. The van der Waals surface area contributed by atoms with Crippen LogP contribution < -0.4 is 0 Å². The molecule has 1 heterocycles. The molecule has 1 saturated carbocycles. The second-order valence-electron chi connectivity index (χ2n) is 5.81. The first kappa shape index (κ1) is 12.9. The van der Waals surface area contributed by atoms with Gasteiger partial charge in [0.05, 0.1) is 5.60 Å². The van der Waals surface area contributed by atoms with Gasteiger partial charge in [0.15, 0.2) is 0 Å². The largest absolute Gasteiger partial charge is 0.375 e. The molecule has 2 rings (SSSR count). The summed E-state index contributed by atoms with van der Waals surface area (Å²) in [5.41, 5.74) is 0.302. The first-order valence-electron chi connectivity index (χ1n) is 6.98. The van der Waals surface area contributed by atoms with Gasteiger partial charge < -0.3 is 4.74 Å². The van der Waals surface area contributed by atoms with Gasteiger partial charge in [0.2, 0.25) is 0 Å². The van der Waals surface area contributed by atoms with Crippen LogP contribution in [0.25, 0.3) is 0 Å². The molecule has 0 bridgehead atoms. The van der Waals surface area contributed by atoms with Crippen molar-refractivity contribution in [1.82, 2.24) is 0 Å². The monoisotopic (exact) mass is 288 g/mol. The van der Waals surface area contributed by atoms with Crippen LogP contribution in [0.15, 0.2) is 0 Å². The van der Waals surface area contributed by atoms with Gasteiger partial charge in [0.1, 0.15) is 0 Å². The molecule has 2 fully saturated rings. The van der Waals surface area contributed by atoms with Crippen LogP contribution in [0, 0.1) is 5.92 Å². The Kier molecular flexibility index (Phi) is 4.72. The normalized spacial score (nSPS) is 31.5. The smallest absolute Gasteiger partial charge is 0.0685 e. The molecule has 0 aromatic heterocycles. The third kappa shape index (κ3) is 3.46. The predicted molar refractivity (Wildman–Crippen MR) is 72.1 cm³/mol. The highest BCUT2D eigenvalue weighted by atomic mass is 79.9. The minimum absolute atomic E-state index is 0.302. The summed E-state index contributed by atoms with van der Waals surface area (Å²) < 4.78 is 6.13. The van der Waals surface area contributed by atoms with Crippen molar-refractivity contribution in [2.24, 2.45) is 5.92 Å². The lowest BCUT2D eigenvalue weighted by Crippen LogP contribution is -2.41. The van der Waals surface area contributed by atoms with Gasteiger partial charge in [-0.2, -0.15) is 0 Å². The minimum atomic E-state index is 0.302. The highest BCUT2D eigenvalue weighted by Gasteiger charge is 2.38. The molecule has 0 amide bonds. The van der Waals surface area contributed by atoms with E-state index < -0.39 is 0 Å². The van der Waals surface area contributed by atoms with Crippen LogP contribution in [-0.2, 0) is 4.74 Å². The summed E-state index contributed by atoms with van der Waals surface area (Å²) in [7, 11) is 0. The molecular formula is C14H25BrO. The molecular weight excluding hydrogens is 264 g/mol. The molecule has 2 atom stereocenters. The van der Waals surface area contributed by atoms with E-state index in [1.807, 2.05) is 0 Å². The van der Waals surface area contributed by atoms with E-state index in [0.29, 0.717) is 10.4 Å². The Hall–Kier alpha value is 0.440. The van der Waals surface area contributed by atoms with Crippen molar-refractivity contribution in [3.05, 3.63) is 0 Å². The van der Waals surface area contributed by atoms with E-state index in [-0.39, 0.29) is 0 Å². The first-order chi connectivity index (χ1) is 7.70. The van der Waals surface area contributed by atoms with Gasteiger partial charge in [-0.1, -0.05) is 42.1 Å². The number of halogens is 1. The fourth-order valence-corrected chi connectivity index (χ4v) is 3.65. The van der Waals surface area contributed by atoms with Crippen molar-refractivity contribution in [2.75, 3.05) is 6.61 Å². The summed E-state index contributed by atoms with van der Waals surface area (Å²) in [5.74, 6) is 0.923. The maximum Gasteiger partial charge on any atom is 0.0685 e. The molecule has 1 aliphatic carbocycles. The van der Waals surface area contributed by atoms with Gasteiger partial charge in [-0.3, -0.25) is 0 Å². The van der Waals surface area contributed by atoms with Gasteiger partial charge in [0.25, 0.3) is 0 Å². The maximum atomic E-state index is 6.13. The SMILES string of the molecule is CC(Br)CCC1CCOC2(CCCCC2)C1. The van der Waals surface area contributed by atoms with Crippen molar-refractivity contribution in [3.8, 4) is 0 Å². The van der Waals surface area contributed by atoms with Gasteiger partial charge in [-0.15, -0.1) is 0 Å². The van der Waals surface area contributed by atoms with E-state index in [4.69, 9.17) is 4.74 Å². The number of ether oxygens (including phenoxy) is 1. The zero-order valence-corrected chi connectivity index (χ0v) is 12.1. The Labute approximate surface area is 108 Å². The van der Waals surface area contributed by atoms with Gasteiger partial charge in [0, 0.05) is 11.4 Å². The molecule has 2 heteroatoms. The van der Waals surface area contributed by atoms with Crippen LogP contribution in [0.1, 0.15) is 64.7 Å². The number of hydrogen-bond acceptors (Lipinski definition) is 1. The Balaban J connectivity index is 1.83. The third-order valence-corrected chi connectivity index (χ3v) is 4.79. The van der Waals surface area contributed by atoms with Crippen LogP contribution in [-0.4, -0.2) is 17.0 Å². The second kappa shape index (κ2) is 5.86. The molecule has 0 aromatic carbocycles. The molecule has 1 spiro atoms. The molecule has 0 aromatic rings. The molecule has 1 nitrogen and oxygen atoms in total. The zero-order chi connectivity index (χ0) is 11.4. The van der Waals surface area contributed by atoms with E-state index in [0.717, 1.165) is 12.5 Å². The van der Waals surface area contributed by atoms with Crippen LogP contribution in [0.5, 0.6) is 0 Å². The fraction of sp³-hybridized carbons (Fsp3) is 1.00. The summed E-state index contributed by atoms with van der Waals surface area (Å²) >= 11 is 3.66. The van der Waals surface area contributed by atoms with Gasteiger partial charge in [-0.25, -0.2) is 0 Å². The molecule has 94 valence electrons.